The van der Waals surface area contributed by atoms with E-state index in [1.54, 1.807) is 44.6 Å². The Bertz CT molecular complexity index is 552. The second-order valence-electron chi connectivity index (χ2n) is 3.81. The van der Waals surface area contributed by atoms with E-state index in [0.29, 0.717) is 22.7 Å². The molecule has 0 radical (unpaired) electrons. The molecule has 0 aliphatic carbocycles. The molecule has 0 saturated carbocycles. The first-order valence-electron chi connectivity index (χ1n) is 5.47. The van der Waals surface area contributed by atoms with Crippen molar-refractivity contribution in [3.8, 4) is 28.4 Å². The summed E-state index contributed by atoms with van der Waals surface area (Å²) >= 11 is 0. The minimum absolute atomic E-state index is 0. The van der Waals surface area contributed by atoms with Gasteiger partial charge in [0.1, 0.15) is 17.2 Å². The third kappa shape index (κ3) is 2.85. The van der Waals surface area contributed by atoms with E-state index in [1.807, 2.05) is 6.07 Å². The first kappa shape index (κ1) is 15.0. The van der Waals surface area contributed by atoms with Gasteiger partial charge in [-0.05, 0) is 24.3 Å². The summed E-state index contributed by atoms with van der Waals surface area (Å²) in [5.41, 5.74) is 7.70. The molecule has 0 bridgehead atoms. The summed E-state index contributed by atoms with van der Waals surface area (Å²) in [5, 5.41) is 9.92. The molecule has 0 unspecified atom stereocenters. The van der Waals surface area contributed by atoms with Crippen molar-refractivity contribution in [2.75, 3.05) is 20.0 Å². The Labute approximate surface area is 118 Å². The van der Waals surface area contributed by atoms with Crippen LogP contribution in [0.1, 0.15) is 0 Å². The molecule has 0 heterocycles. The number of phenolic OH excluding ortho intramolecular Hbond substituents is 1. The van der Waals surface area contributed by atoms with Crippen LogP contribution < -0.4 is 15.2 Å². The lowest BCUT2D eigenvalue weighted by molar-refractivity contribution is 0.395. The maximum absolute atomic E-state index is 9.92. The number of hydrogen-bond acceptors (Lipinski definition) is 4. The Kier molecular flexibility index (Phi) is 4.89. The minimum atomic E-state index is 0. The number of halogens is 1. The van der Waals surface area contributed by atoms with Gasteiger partial charge in [0, 0.05) is 17.3 Å². The Balaban J connectivity index is 0.00000180. The van der Waals surface area contributed by atoms with Crippen LogP contribution in [0, 0.1) is 0 Å². The number of benzene rings is 2. The Morgan fingerprint density at radius 2 is 1.79 bits per heavy atom. The molecule has 3 N–H and O–H groups in total. The zero-order chi connectivity index (χ0) is 13.1. The fraction of sp³-hybridized carbons (Fsp3) is 0.143. The quantitative estimate of drug-likeness (QED) is 0.849. The van der Waals surface area contributed by atoms with E-state index in [1.165, 1.54) is 0 Å². The number of nitrogens with two attached hydrogens (primary N) is 1. The van der Waals surface area contributed by atoms with E-state index < -0.39 is 0 Å². The zero-order valence-electron chi connectivity index (χ0n) is 10.7. The molecule has 0 spiro atoms. The van der Waals surface area contributed by atoms with Crippen LogP contribution in [-0.2, 0) is 0 Å². The SMILES string of the molecule is COc1ccc(-c2c(N)cccc2O)c(OC)c1.Cl. The van der Waals surface area contributed by atoms with Gasteiger partial charge in [-0.2, -0.15) is 0 Å². The fourth-order valence-corrected chi connectivity index (χ4v) is 1.86. The van der Waals surface area contributed by atoms with E-state index in [4.69, 9.17) is 15.2 Å². The van der Waals surface area contributed by atoms with Crippen LogP contribution in [0.3, 0.4) is 0 Å². The van der Waals surface area contributed by atoms with Crippen LogP contribution in [0.4, 0.5) is 5.69 Å². The first-order chi connectivity index (χ1) is 8.67. The molecular formula is C14H16ClNO3. The number of hydrogen-bond donors (Lipinski definition) is 2. The van der Waals surface area contributed by atoms with Gasteiger partial charge in [-0.25, -0.2) is 0 Å². The van der Waals surface area contributed by atoms with Crippen LogP contribution in [0.25, 0.3) is 11.1 Å². The number of rotatable bonds is 3. The van der Waals surface area contributed by atoms with Crippen LogP contribution in [0.5, 0.6) is 17.2 Å². The molecule has 0 fully saturated rings. The summed E-state index contributed by atoms with van der Waals surface area (Å²) in [5.74, 6) is 1.41. The van der Waals surface area contributed by atoms with Crippen molar-refractivity contribution >= 4 is 18.1 Å². The second-order valence-corrected chi connectivity index (χ2v) is 3.81. The first-order valence-corrected chi connectivity index (χ1v) is 5.47. The van der Waals surface area contributed by atoms with Gasteiger partial charge in [0.05, 0.1) is 19.8 Å². The van der Waals surface area contributed by atoms with Crippen molar-refractivity contribution in [3.63, 3.8) is 0 Å². The van der Waals surface area contributed by atoms with Gasteiger partial charge in [0.2, 0.25) is 0 Å². The molecule has 0 aromatic heterocycles. The fourth-order valence-electron chi connectivity index (χ4n) is 1.86. The van der Waals surface area contributed by atoms with Crippen LogP contribution in [-0.4, -0.2) is 19.3 Å². The van der Waals surface area contributed by atoms with Crippen molar-refractivity contribution in [2.45, 2.75) is 0 Å². The monoisotopic (exact) mass is 281 g/mol. The molecule has 2 rings (SSSR count). The van der Waals surface area contributed by atoms with Crippen molar-refractivity contribution in [2.24, 2.45) is 0 Å². The summed E-state index contributed by atoms with van der Waals surface area (Å²) in [7, 11) is 3.15. The lowest BCUT2D eigenvalue weighted by atomic mass is 10.0. The number of ether oxygens (including phenoxy) is 2. The lowest BCUT2D eigenvalue weighted by Gasteiger charge is -2.13. The highest BCUT2D eigenvalue weighted by molar-refractivity contribution is 5.86. The summed E-state index contributed by atoms with van der Waals surface area (Å²) < 4.78 is 10.4. The van der Waals surface area contributed by atoms with Crippen molar-refractivity contribution in [1.82, 2.24) is 0 Å². The number of methoxy groups -OCH3 is 2. The summed E-state index contributed by atoms with van der Waals surface area (Å²) in [6.07, 6.45) is 0. The topological polar surface area (TPSA) is 64.7 Å². The van der Waals surface area contributed by atoms with Gasteiger partial charge in [-0.1, -0.05) is 6.07 Å². The molecule has 0 atom stereocenters. The molecule has 0 saturated heterocycles. The van der Waals surface area contributed by atoms with Crippen molar-refractivity contribution in [1.29, 1.82) is 0 Å². The van der Waals surface area contributed by atoms with Gasteiger partial charge in [-0.3, -0.25) is 0 Å². The van der Waals surface area contributed by atoms with Crippen LogP contribution in [0.15, 0.2) is 36.4 Å². The van der Waals surface area contributed by atoms with E-state index >= 15 is 0 Å². The van der Waals surface area contributed by atoms with Gasteiger partial charge in [0.25, 0.3) is 0 Å². The molecule has 19 heavy (non-hydrogen) atoms. The maximum atomic E-state index is 9.92. The van der Waals surface area contributed by atoms with Crippen molar-refractivity contribution in [3.05, 3.63) is 36.4 Å². The van der Waals surface area contributed by atoms with E-state index in [9.17, 15) is 5.11 Å². The molecular weight excluding hydrogens is 266 g/mol. The third-order valence-electron chi connectivity index (χ3n) is 2.75. The summed E-state index contributed by atoms with van der Waals surface area (Å²) in [6, 6.07) is 10.4. The minimum Gasteiger partial charge on any atom is -0.507 e. The lowest BCUT2D eigenvalue weighted by Crippen LogP contribution is -1.94. The predicted molar refractivity (Wildman–Crippen MR) is 78.3 cm³/mol. The molecule has 0 aliphatic heterocycles. The number of phenols is 1. The molecule has 0 amide bonds. The van der Waals surface area contributed by atoms with Gasteiger partial charge in [-0.15, -0.1) is 12.4 Å². The second kappa shape index (κ2) is 6.20. The molecule has 2 aromatic rings. The highest BCUT2D eigenvalue weighted by atomic mass is 35.5. The smallest absolute Gasteiger partial charge is 0.130 e. The van der Waals surface area contributed by atoms with Crippen LogP contribution >= 0.6 is 12.4 Å². The third-order valence-corrected chi connectivity index (χ3v) is 2.75. The predicted octanol–water partition coefficient (Wildman–Crippen LogP) is 3.08. The van der Waals surface area contributed by atoms with Crippen molar-refractivity contribution < 1.29 is 14.6 Å². The average molecular weight is 282 g/mol. The maximum Gasteiger partial charge on any atom is 0.130 e. The molecule has 5 heteroatoms. The van der Waals surface area contributed by atoms with E-state index in [0.717, 1.165) is 5.56 Å². The van der Waals surface area contributed by atoms with E-state index in [-0.39, 0.29) is 18.2 Å². The van der Waals surface area contributed by atoms with Gasteiger partial charge >= 0.3 is 0 Å². The largest absolute Gasteiger partial charge is 0.507 e. The highest BCUT2D eigenvalue weighted by Gasteiger charge is 2.13. The van der Waals surface area contributed by atoms with Gasteiger partial charge in [0.15, 0.2) is 0 Å². The standard InChI is InChI=1S/C14H15NO3.ClH/c1-17-9-6-7-10(13(8-9)18-2)14-11(15)4-3-5-12(14)16;/h3-8,16H,15H2,1-2H3;1H. The Hall–Kier alpha value is -2.07. The number of aromatic hydroxyl groups is 1. The number of anilines is 1. The zero-order valence-corrected chi connectivity index (χ0v) is 11.5. The van der Waals surface area contributed by atoms with E-state index in [2.05, 4.69) is 0 Å². The number of nitrogen functional groups attached to an aromatic ring is 1. The molecule has 2 aromatic carbocycles. The Morgan fingerprint density at radius 3 is 2.37 bits per heavy atom. The highest BCUT2D eigenvalue weighted by Crippen LogP contribution is 2.41. The Morgan fingerprint density at radius 1 is 1.05 bits per heavy atom. The molecule has 4 nitrogen and oxygen atoms in total. The normalized spacial score (nSPS) is 9.58. The molecule has 102 valence electrons. The molecule has 0 aliphatic rings. The summed E-state index contributed by atoms with van der Waals surface area (Å²) in [4.78, 5) is 0. The van der Waals surface area contributed by atoms with Crippen LogP contribution in [0.2, 0.25) is 0 Å². The summed E-state index contributed by atoms with van der Waals surface area (Å²) in [6.45, 7) is 0. The average Bonchev–Trinajstić information content (AvgIpc) is 2.38. The van der Waals surface area contributed by atoms with Gasteiger partial charge < -0.3 is 20.3 Å².